The van der Waals surface area contributed by atoms with Crippen molar-refractivity contribution in [2.45, 2.75) is 12.5 Å². The minimum absolute atomic E-state index is 0.0390. The van der Waals surface area contributed by atoms with Crippen LogP contribution in [0.15, 0.2) is 0 Å². The number of nitrogens with zero attached hydrogens (tertiary/aromatic N) is 1. The zero-order valence-corrected chi connectivity index (χ0v) is 10.1. The molecule has 1 saturated heterocycles. The highest BCUT2D eigenvalue weighted by molar-refractivity contribution is 7.91. The summed E-state index contributed by atoms with van der Waals surface area (Å²) in [7, 11) is -3.03. The molecule has 1 aliphatic rings. The molecule has 7 nitrogen and oxygen atoms in total. The van der Waals surface area contributed by atoms with E-state index in [2.05, 4.69) is 5.32 Å². The van der Waals surface area contributed by atoms with Gasteiger partial charge in [0.1, 0.15) is 6.29 Å². The molecule has 0 aromatic rings. The molecule has 0 unspecified atom stereocenters. The number of aliphatic hydroxyl groups excluding tert-OH is 1. The smallest absolute Gasteiger partial charge is 0.240 e. The van der Waals surface area contributed by atoms with Crippen molar-refractivity contribution in [1.82, 2.24) is 10.2 Å². The summed E-state index contributed by atoms with van der Waals surface area (Å²) in [4.78, 5) is 23.7. The molecule has 0 aliphatic carbocycles. The van der Waals surface area contributed by atoms with E-state index in [1.165, 1.54) is 4.90 Å². The Balaban J connectivity index is 2.59. The molecule has 8 heteroatoms. The third-order valence-corrected chi connectivity index (χ3v) is 4.23. The summed E-state index contributed by atoms with van der Waals surface area (Å²) in [6.07, 6.45) is 0.550. The molecule has 0 spiro atoms. The van der Waals surface area contributed by atoms with Gasteiger partial charge in [0.25, 0.3) is 0 Å². The fourth-order valence-electron chi connectivity index (χ4n) is 1.63. The van der Waals surface area contributed by atoms with Crippen molar-refractivity contribution in [3.63, 3.8) is 0 Å². The van der Waals surface area contributed by atoms with Crippen LogP contribution in [0.5, 0.6) is 0 Å². The Morgan fingerprint density at radius 2 is 2.00 bits per heavy atom. The fraction of sp³-hybridized carbons (Fsp3) is 0.778. The van der Waals surface area contributed by atoms with Gasteiger partial charge in [-0.1, -0.05) is 0 Å². The minimum Gasteiger partial charge on any atom is -0.381 e. The number of amides is 1. The monoisotopic (exact) mass is 264 g/mol. The normalized spacial score (nSPS) is 20.9. The average Bonchev–Trinajstić information content (AvgIpc) is 2.28. The van der Waals surface area contributed by atoms with Crippen molar-refractivity contribution in [3.05, 3.63) is 0 Å². The number of aliphatic hydroxyl groups is 1. The van der Waals surface area contributed by atoms with Gasteiger partial charge >= 0.3 is 0 Å². The zero-order valence-electron chi connectivity index (χ0n) is 9.33. The first-order chi connectivity index (χ1) is 8.00. The second-order valence-corrected chi connectivity index (χ2v) is 6.10. The average molecular weight is 264 g/mol. The maximum Gasteiger partial charge on any atom is 0.240 e. The molecule has 1 heterocycles. The molecule has 0 bridgehead atoms. The molecule has 1 atom stereocenters. The third-order valence-electron chi connectivity index (χ3n) is 2.62. The predicted octanol–water partition coefficient (Wildman–Crippen LogP) is -2.26. The summed E-state index contributed by atoms with van der Waals surface area (Å²) >= 11 is 0. The lowest BCUT2D eigenvalue weighted by molar-refractivity contribution is -0.134. The summed E-state index contributed by atoms with van der Waals surface area (Å²) in [6.45, 7) is -0.121. The van der Waals surface area contributed by atoms with Gasteiger partial charge in [-0.2, -0.15) is 0 Å². The van der Waals surface area contributed by atoms with E-state index in [0.717, 1.165) is 0 Å². The lowest BCUT2D eigenvalue weighted by atomic mass is 10.2. The first-order valence-corrected chi connectivity index (χ1v) is 7.09. The molecule has 1 fully saturated rings. The highest BCUT2D eigenvalue weighted by atomic mass is 32.2. The number of nitrogens with one attached hydrogen (secondary N) is 1. The first kappa shape index (κ1) is 14.1. The quantitative estimate of drug-likeness (QED) is 0.429. The van der Waals surface area contributed by atoms with Crippen LogP contribution in [0.2, 0.25) is 0 Å². The van der Waals surface area contributed by atoms with Crippen LogP contribution in [0.3, 0.4) is 0 Å². The predicted molar refractivity (Wildman–Crippen MR) is 59.9 cm³/mol. The van der Waals surface area contributed by atoms with Gasteiger partial charge in [-0.3, -0.25) is 10.1 Å². The second-order valence-electron chi connectivity index (χ2n) is 3.79. The van der Waals surface area contributed by atoms with Gasteiger partial charge in [-0.25, -0.2) is 8.42 Å². The van der Waals surface area contributed by atoms with Crippen molar-refractivity contribution in [2.75, 3.05) is 31.3 Å². The van der Waals surface area contributed by atoms with Crippen LogP contribution in [0.25, 0.3) is 0 Å². The Morgan fingerprint density at radius 3 is 2.47 bits per heavy atom. The van der Waals surface area contributed by atoms with Gasteiger partial charge in [-0.05, 0) is 0 Å². The minimum atomic E-state index is -3.03. The van der Waals surface area contributed by atoms with Gasteiger partial charge in [0.05, 0.1) is 24.3 Å². The molecule has 2 N–H and O–H groups in total. The number of hydrogen-bond donors (Lipinski definition) is 2. The molecule has 0 radical (unpaired) electrons. The van der Waals surface area contributed by atoms with E-state index in [1.54, 1.807) is 0 Å². The van der Waals surface area contributed by atoms with Crippen molar-refractivity contribution >= 4 is 22.0 Å². The summed E-state index contributed by atoms with van der Waals surface area (Å²) in [5, 5.41) is 11.2. The fourth-order valence-corrected chi connectivity index (χ4v) is 2.83. The Hall–Kier alpha value is -0.990. The van der Waals surface area contributed by atoms with Crippen LogP contribution in [0.4, 0.5) is 0 Å². The van der Waals surface area contributed by atoms with E-state index >= 15 is 0 Å². The number of sulfone groups is 1. The van der Waals surface area contributed by atoms with E-state index in [9.17, 15) is 18.0 Å². The Morgan fingerprint density at radius 1 is 1.41 bits per heavy atom. The highest BCUT2D eigenvalue weighted by Gasteiger charge is 2.29. The van der Waals surface area contributed by atoms with Gasteiger partial charge in [-0.15, -0.1) is 0 Å². The van der Waals surface area contributed by atoms with Crippen molar-refractivity contribution in [2.24, 2.45) is 0 Å². The van der Waals surface area contributed by atoms with Crippen molar-refractivity contribution in [1.29, 1.82) is 0 Å². The highest BCUT2D eigenvalue weighted by Crippen LogP contribution is 2.06. The van der Waals surface area contributed by atoms with Crippen LogP contribution in [-0.4, -0.2) is 68.0 Å². The molecule has 17 heavy (non-hydrogen) atoms. The number of carbonyl (C=O) groups excluding carboxylic acids is 2. The lowest BCUT2D eigenvalue weighted by Gasteiger charge is -2.29. The number of hydrogen-bond acceptors (Lipinski definition) is 6. The molecule has 1 aliphatic heterocycles. The molecular weight excluding hydrogens is 248 g/mol. The maximum absolute atomic E-state index is 11.9. The number of carbonyl (C=O) groups is 2. The standard InChI is InChI=1S/C9H16N2O5S/c12-4-1-8(10-7-13)9(14)11-2-5-17(15,16)6-3-11/h4,8,10,13H,1-3,5-7H2/t8-/m0/s1. The van der Waals surface area contributed by atoms with Crippen LogP contribution in [-0.2, 0) is 19.4 Å². The molecule has 98 valence electrons. The summed E-state index contributed by atoms with van der Waals surface area (Å²) in [5.74, 6) is -0.446. The van der Waals surface area contributed by atoms with Crippen LogP contribution < -0.4 is 5.32 Å². The molecule has 1 amide bonds. The van der Waals surface area contributed by atoms with E-state index < -0.39 is 22.6 Å². The van der Waals surface area contributed by atoms with E-state index in [0.29, 0.717) is 6.29 Å². The molecule has 0 aromatic carbocycles. The third kappa shape index (κ3) is 4.06. The molecule has 1 rings (SSSR count). The molecule has 0 aromatic heterocycles. The topological polar surface area (TPSA) is 104 Å². The Labute approximate surface area is 99.7 Å². The van der Waals surface area contributed by atoms with E-state index in [1.807, 2.05) is 0 Å². The Bertz CT molecular complexity index is 367. The van der Waals surface area contributed by atoms with Crippen molar-refractivity contribution in [3.8, 4) is 0 Å². The van der Waals surface area contributed by atoms with E-state index in [4.69, 9.17) is 5.11 Å². The Kier molecular flexibility index (Phi) is 5.03. The summed E-state index contributed by atoms with van der Waals surface area (Å²) in [5.41, 5.74) is 0. The summed E-state index contributed by atoms with van der Waals surface area (Å²) in [6, 6.07) is -0.779. The van der Waals surface area contributed by atoms with Gasteiger partial charge in [0.15, 0.2) is 9.84 Å². The van der Waals surface area contributed by atoms with Crippen molar-refractivity contribution < 1.29 is 23.1 Å². The molecular formula is C9H16N2O5S. The van der Waals surface area contributed by atoms with Gasteiger partial charge in [0.2, 0.25) is 5.91 Å². The number of aldehydes is 1. The largest absolute Gasteiger partial charge is 0.381 e. The molecule has 0 saturated carbocycles. The van der Waals surface area contributed by atoms with Gasteiger partial charge < -0.3 is 14.8 Å². The maximum atomic E-state index is 11.9. The second kappa shape index (κ2) is 6.08. The van der Waals surface area contributed by atoms with Crippen LogP contribution in [0, 0.1) is 0 Å². The van der Waals surface area contributed by atoms with E-state index in [-0.39, 0.29) is 36.9 Å². The van der Waals surface area contributed by atoms with Crippen LogP contribution >= 0.6 is 0 Å². The summed E-state index contributed by atoms with van der Waals surface area (Å²) < 4.78 is 22.4. The zero-order chi connectivity index (χ0) is 12.9. The van der Waals surface area contributed by atoms with Crippen LogP contribution in [0.1, 0.15) is 6.42 Å². The first-order valence-electron chi connectivity index (χ1n) is 5.27. The number of rotatable bonds is 5. The lowest BCUT2D eigenvalue weighted by Crippen LogP contribution is -2.52. The van der Waals surface area contributed by atoms with Gasteiger partial charge in [0, 0.05) is 19.5 Å². The SMILES string of the molecule is O=CC[C@H](NCO)C(=O)N1CCS(=O)(=O)CC1.